The average Bonchev–Trinajstić information content (AvgIpc) is 2.39. The lowest BCUT2D eigenvalue weighted by Crippen LogP contribution is -2.32. The molecule has 0 radical (unpaired) electrons. The number of carbonyl (C=O) groups excluding carboxylic acids is 1. The van der Waals surface area contributed by atoms with E-state index in [0.29, 0.717) is 0 Å². The highest BCUT2D eigenvalue weighted by Crippen LogP contribution is 2.35. The molecule has 2 N–H and O–H groups in total. The van der Waals surface area contributed by atoms with Gasteiger partial charge in [-0.05, 0) is 18.1 Å². The largest absolute Gasteiger partial charge is 0.481 e. The van der Waals surface area contributed by atoms with Gasteiger partial charge in [-0.3, -0.25) is 9.59 Å². The van der Waals surface area contributed by atoms with Crippen LogP contribution in [0.4, 0.5) is 0 Å². The molecule has 1 unspecified atom stereocenters. The second-order valence-corrected chi connectivity index (χ2v) is 6.30. The van der Waals surface area contributed by atoms with Gasteiger partial charge in [0.1, 0.15) is 0 Å². The van der Waals surface area contributed by atoms with Crippen LogP contribution in [0.25, 0.3) is 0 Å². The molecule has 1 aliphatic heterocycles. The number of nitrogens with one attached hydrogen (secondary N) is 1. The van der Waals surface area contributed by atoms with Gasteiger partial charge in [0.2, 0.25) is 5.91 Å². The zero-order valence-corrected chi connectivity index (χ0v) is 11.9. The normalized spacial score (nSPS) is 17.6. The summed E-state index contributed by atoms with van der Waals surface area (Å²) < 4.78 is 0. The van der Waals surface area contributed by atoms with Crippen molar-refractivity contribution < 1.29 is 14.7 Å². The van der Waals surface area contributed by atoms with Gasteiger partial charge in [0.05, 0.1) is 17.5 Å². The van der Waals surface area contributed by atoms with Crippen LogP contribution >= 0.6 is 23.5 Å². The summed E-state index contributed by atoms with van der Waals surface area (Å²) in [5.74, 6) is 0.155. The lowest BCUT2D eigenvalue weighted by atomic mass is 10.0. The monoisotopic (exact) mass is 297 g/mol. The highest BCUT2D eigenvalue weighted by atomic mass is 32.2. The Morgan fingerprint density at radius 2 is 2.16 bits per heavy atom. The summed E-state index contributed by atoms with van der Waals surface area (Å²) in [6.45, 7) is 0. The first-order chi connectivity index (χ1) is 9.16. The summed E-state index contributed by atoms with van der Waals surface area (Å²) in [4.78, 5) is 23.4. The summed E-state index contributed by atoms with van der Waals surface area (Å²) in [6, 6.07) is 8.13. The van der Waals surface area contributed by atoms with Crippen molar-refractivity contribution in [1.29, 1.82) is 0 Å². The highest BCUT2D eigenvalue weighted by molar-refractivity contribution is 8.00. The minimum absolute atomic E-state index is 0.0372. The summed E-state index contributed by atoms with van der Waals surface area (Å²) >= 11 is 2.93. The van der Waals surface area contributed by atoms with E-state index in [0.717, 1.165) is 29.5 Å². The number of carboxylic acids is 1. The minimum Gasteiger partial charge on any atom is -0.481 e. The van der Waals surface area contributed by atoms with Crippen molar-refractivity contribution in [2.24, 2.45) is 0 Å². The van der Waals surface area contributed by atoms with Crippen LogP contribution in [0.1, 0.15) is 18.0 Å². The molecule has 1 amide bonds. The fourth-order valence-electron chi connectivity index (χ4n) is 1.96. The topological polar surface area (TPSA) is 66.4 Å². The molecule has 1 heterocycles. The van der Waals surface area contributed by atoms with Crippen LogP contribution in [0.3, 0.4) is 0 Å². The van der Waals surface area contributed by atoms with Crippen LogP contribution in [0, 0.1) is 0 Å². The number of hydrogen-bond donors (Lipinski definition) is 2. The van der Waals surface area contributed by atoms with Crippen LogP contribution in [0.15, 0.2) is 29.2 Å². The molecule has 0 bridgehead atoms. The number of aliphatic carboxylic acids is 1. The lowest BCUT2D eigenvalue weighted by Gasteiger charge is -2.25. The Morgan fingerprint density at radius 3 is 2.95 bits per heavy atom. The molecule has 0 aromatic heterocycles. The quantitative estimate of drug-likeness (QED) is 0.872. The first-order valence-electron chi connectivity index (χ1n) is 5.97. The van der Waals surface area contributed by atoms with Crippen LogP contribution < -0.4 is 5.32 Å². The molecule has 19 heavy (non-hydrogen) atoms. The predicted molar refractivity (Wildman–Crippen MR) is 77.6 cm³/mol. The van der Waals surface area contributed by atoms with Gasteiger partial charge in [0.25, 0.3) is 0 Å². The maximum atomic E-state index is 11.8. The van der Waals surface area contributed by atoms with Gasteiger partial charge in [-0.1, -0.05) is 18.2 Å². The maximum Gasteiger partial charge on any atom is 0.313 e. The molecule has 0 fully saturated rings. The zero-order valence-electron chi connectivity index (χ0n) is 10.3. The van der Waals surface area contributed by atoms with Crippen LogP contribution in [0.2, 0.25) is 0 Å². The third kappa shape index (κ3) is 4.18. The minimum atomic E-state index is -0.891. The fraction of sp³-hybridized carbons (Fsp3) is 0.385. The summed E-state index contributed by atoms with van der Waals surface area (Å²) in [5.41, 5.74) is 1.16. The number of carboxylic acid groups (broad SMARTS) is 1. The first-order valence-corrected chi connectivity index (χ1v) is 8.11. The molecule has 4 nitrogen and oxygen atoms in total. The van der Waals surface area contributed by atoms with Crippen LogP contribution in [0.5, 0.6) is 0 Å². The second-order valence-electron chi connectivity index (χ2n) is 4.18. The summed E-state index contributed by atoms with van der Waals surface area (Å²) in [6.07, 6.45) is 0.914. The van der Waals surface area contributed by atoms with E-state index in [4.69, 9.17) is 5.11 Å². The molecule has 0 saturated carbocycles. The van der Waals surface area contributed by atoms with E-state index in [1.807, 2.05) is 30.0 Å². The Kier molecular flexibility index (Phi) is 5.15. The van der Waals surface area contributed by atoms with Crippen LogP contribution in [-0.2, 0) is 9.59 Å². The molecule has 6 heteroatoms. The first kappa shape index (κ1) is 14.3. The van der Waals surface area contributed by atoms with Crippen molar-refractivity contribution >= 4 is 35.4 Å². The number of benzene rings is 1. The Labute approximate surface area is 120 Å². The fourth-order valence-corrected chi connectivity index (χ4v) is 3.63. The molecule has 102 valence electrons. The van der Waals surface area contributed by atoms with Gasteiger partial charge < -0.3 is 10.4 Å². The molecule has 2 rings (SSSR count). The van der Waals surface area contributed by atoms with E-state index in [9.17, 15) is 9.59 Å². The molecule has 1 aliphatic rings. The lowest BCUT2D eigenvalue weighted by molar-refractivity contribution is -0.133. The van der Waals surface area contributed by atoms with Gasteiger partial charge >= 0.3 is 5.97 Å². The van der Waals surface area contributed by atoms with E-state index < -0.39 is 5.97 Å². The molecular formula is C13H15NO3S2. The van der Waals surface area contributed by atoms with Crippen molar-refractivity contribution in [2.75, 3.05) is 17.3 Å². The van der Waals surface area contributed by atoms with E-state index in [1.165, 1.54) is 4.90 Å². The molecule has 1 aromatic rings. The summed E-state index contributed by atoms with van der Waals surface area (Å²) in [5, 5.41) is 11.5. The van der Waals surface area contributed by atoms with Crippen molar-refractivity contribution in [2.45, 2.75) is 17.4 Å². The number of thioether (sulfide) groups is 2. The summed E-state index contributed by atoms with van der Waals surface area (Å²) in [7, 11) is 0. The Morgan fingerprint density at radius 1 is 1.37 bits per heavy atom. The van der Waals surface area contributed by atoms with Crippen molar-refractivity contribution in [3.8, 4) is 0 Å². The van der Waals surface area contributed by atoms with Gasteiger partial charge in [0, 0.05) is 10.6 Å². The zero-order chi connectivity index (χ0) is 13.7. The third-order valence-electron chi connectivity index (χ3n) is 2.75. The molecule has 1 aromatic carbocycles. The number of rotatable bonds is 5. The molecule has 1 atom stereocenters. The van der Waals surface area contributed by atoms with Crippen molar-refractivity contribution in [3.63, 3.8) is 0 Å². The smallest absolute Gasteiger partial charge is 0.313 e. The number of hydrogen-bond acceptors (Lipinski definition) is 4. The maximum absolute atomic E-state index is 11.8. The molecule has 0 spiro atoms. The SMILES string of the molecule is O=C(O)CSCC(=O)NC1CCSc2ccccc21. The third-order valence-corrected chi connectivity index (χ3v) is 4.79. The molecule has 0 aliphatic carbocycles. The molecule has 0 saturated heterocycles. The number of amides is 1. The Hall–Kier alpha value is -1.14. The van der Waals surface area contributed by atoms with Crippen LogP contribution in [-0.4, -0.2) is 34.2 Å². The van der Waals surface area contributed by atoms with Gasteiger partial charge in [-0.15, -0.1) is 23.5 Å². The number of fused-ring (bicyclic) bond motifs is 1. The standard InChI is InChI=1S/C13H15NO3S2/c15-12(7-18-8-13(16)17)14-10-5-6-19-11-4-2-1-3-9(10)11/h1-4,10H,5-8H2,(H,14,15)(H,16,17). The van der Waals surface area contributed by atoms with E-state index in [-0.39, 0.29) is 23.5 Å². The van der Waals surface area contributed by atoms with Crippen molar-refractivity contribution in [3.05, 3.63) is 29.8 Å². The van der Waals surface area contributed by atoms with Gasteiger partial charge in [-0.25, -0.2) is 0 Å². The second kappa shape index (κ2) is 6.86. The van der Waals surface area contributed by atoms with Gasteiger partial charge in [-0.2, -0.15) is 0 Å². The predicted octanol–water partition coefficient (Wildman–Crippen LogP) is 2.16. The van der Waals surface area contributed by atoms with E-state index in [1.54, 1.807) is 0 Å². The van der Waals surface area contributed by atoms with E-state index in [2.05, 4.69) is 11.4 Å². The Bertz CT molecular complexity index is 479. The Balaban J connectivity index is 1.90. The van der Waals surface area contributed by atoms with Crippen molar-refractivity contribution in [1.82, 2.24) is 5.32 Å². The van der Waals surface area contributed by atoms with Gasteiger partial charge in [0.15, 0.2) is 0 Å². The molecular weight excluding hydrogens is 282 g/mol. The van der Waals surface area contributed by atoms with E-state index >= 15 is 0 Å². The highest BCUT2D eigenvalue weighted by Gasteiger charge is 2.21. The number of carbonyl (C=O) groups is 2. The average molecular weight is 297 g/mol.